The molecule has 14 heteroatoms. The normalized spacial score (nSPS) is 15.5. The minimum atomic E-state index is -4.12. The number of carboxylic acids is 1. The Labute approximate surface area is 245 Å². The van der Waals surface area contributed by atoms with Crippen LogP contribution in [0.1, 0.15) is 24.0 Å². The largest absolute Gasteiger partial charge is 1.00 e. The van der Waals surface area contributed by atoms with Crippen LogP contribution < -0.4 is 50.2 Å². The van der Waals surface area contributed by atoms with Crippen LogP contribution in [0.15, 0.2) is 47.4 Å². The second-order valence-corrected chi connectivity index (χ2v) is 15.8. The maximum Gasteiger partial charge on any atom is 1.00 e. The molecule has 0 aliphatic carbocycles. The Bertz CT molecular complexity index is 1280. The van der Waals surface area contributed by atoms with Gasteiger partial charge in [0.1, 0.15) is 11.8 Å². The van der Waals surface area contributed by atoms with Gasteiger partial charge in [-0.05, 0) is 80.0 Å². The van der Waals surface area contributed by atoms with Gasteiger partial charge in [0, 0.05) is 24.6 Å². The fourth-order valence-corrected chi connectivity index (χ4v) is 5.68. The summed E-state index contributed by atoms with van der Waals surface area (Å²) < 4.78 is 39.1. The number of rotatable bonds is 10. The van der Waals surface area contributed by atoms with Crippen LogP contribution in [0.5, 0.6) is 5.75 Å². The molecule has 0 fully saturated rings. The number of hydrogen-bond acceptors (Lipinski definition) is 8. The molecule has 2 N–H and O–H groups in total. The fourth-order valence-electron chi connectivity index (χ4n) is 3.71. The summed E-state index contributed by atoms with van der Waals surface area (Å²) in [4.78, 5) is 35.8. The third kappa shape index (κ3) is 8.37. The average Bonchev–Trinajstić information content (AvgIpc) is 2.84. The maximum atomic E-state index is 13.7. The van der Waals surface area contributed by atoms with Crippen LogP contribution in [0, 0.1) is 0 Å². The van der Waals surface area contributed by atoms with Crippen molar-refractivity contribution in [2.75, 3.05) is 12.4 Å². The second kappa shape index (κ2) is 13.2. The van der Waals surface area contributed by atoms with E-state index in [9.17, 15) is 27.9 Å². The van der Waals surface area contributed by atoms with Crippen molar-refractivity contribution in [3.05, 3.63) is 53.6 Å². The van der Waals surface area contributed by atoms with E-state index < -0.39 is 48.6 Å². The smallest absolute Gasteiger partial charge is 0.550 e. The number of anilines is 1. The number of benzene rings is 2. The molecule has 1 aliphatic rings. The summed E-state index contributed by atoms with van der Waals surface area (Å²) in [5, 5.41) is 13.2. The second-order valence-electron chi connectivity index (χ2n) is 9.53. The Morgan fingerprint density at radius 3 is 2.29 bits per heavy atom. The van der Waals surface area contributed by atoms with Gasteiger partial charge >= 0.3 is 29.6 Å². The fraction of sp³-hybridized carbons (Fsp3) is 0.375. The summed E-state index contributed by atoms with van der Waals surface area (Å²) in [6, 6.07) is 9.74. The van der Waals surface area contributed by atoms with E-state index in [1.54, 1.807) is 18.2 Å². The summed E-state index contributed by atoms with van der Waals surface area (Å²) >= 11 is 0. The molecule has 200 valence electrons. The van der Waals surface area contributed by atoms with E-state index in [1.165, 1.54) is 31.4 Å². The Hall–Kier alpha value is -2.26. The SMILES string of the molecule is COc1ccc(S(=O)(=O)N2Cc3cc(NC(=O)CCC(=O)[O-])ccc3C[C@@H]2C(=O)NO[Si](C)(C)C)cc1.[Na+]. The van der Waals surface area contributed by atoms with Crippen LogP contribution in [0.4, 0.5) is 5.69 Å². The first kappa shape index (κ1) is 32.0. The van der Waals surface area contributed by atoms with Crippen LogP contribution in [0.3, 0.4) is 0 Å². The summed E-state index contributed by atoms with van der Waals surface area (Å²) in [6.45, 7) is 5.53. The zero-order valence-electron chi connectivity index (χ0n) is 22.1. The average molecular weight is 572 g/mol. The zero-order chi connectivity index (χ0) is 27.4. The van der Waals surface area contributed by atoms with Crippen molar-refractivity contribution in [1.29, 1.82) is 0 Å². The summed E-state index contributed by atoms with van der Waals surface area (Å²) in [5.74, 6) is -1.93. The third-order valence-corrected chi connectivity index (χ3v) is 8.14. The number of hydrogen-bond donors (Lipinski definition) is 2. The molecule has 1 atom stereocenters. The number of methoxy groups -OCH3 is 1. The predicted octanol–water partition coefficient (Wildman–Crippen LogP) is -1.83. The summed E-state index contributed by atoms with van der Waals surface area (Å²) in [5.41, 5.74) is 4.17. The Morgan fingerprint density at radius 2 is 1.71 bits per heavy atom. The van der Waals surface area contributed by atoms with Crippen LogP contribution in [0.2, 0.25) is 19.6 Å². The van der Waals surface area contributed by atoms with Crippen LogP contribution in [-0.4, -0.2) is 52.0 Å². The summed E-state index contributed by atoms with van der Waals surface area (Å²) in [7, 11) is -4.78. The van der Waals surface area contributed by atoms with Gasteiger partial charge in [-0.2, -0.15) is 4.31 Å². The zero-order valence-corrected chi connectivity index (χ0v) is 25.9. The first-order valence-corrected chi connectivity index (χ1v) is 16.4. The number of carboxylic acid groups (broad SMARTS) is 1. The van der Waals surface area contributed by atoms with Gasteiger partial charge in [-0.1, -0.05) is 6.07 Å². The van der Waals surface area contributed by atoms with E-state index in [1.807, 2.05) is 19.6 Å². The minimum absolute atomic E-state index is 0. The van der Waals surface area contributed by atoms with Crippen molar-refractivity contribution < 1.29 is 66.7 Å². The molecule has 2 amide bonds. The van der Waals surface area contributed by atoms with Gasteiger partial charge in [0.15, 0.2) is 0 Å². The van der Waals surface area contributed by atoms with Gasteiger partial charge in [-0.15, -0.1) is 0 Å². The number of amides is 2. The number of hydroxylamine groups is 1. The minimum Gasteiger partial charge on any atom is -0.550 e. The van der Waals surface area contributed by atoms with E-state index in [-0.39, 0.29) is 53.8 Å². The molecule has 2 aromatic carbocycles. The summed E-state index contributed by atoms with van der Waals surface area (Å²) in [6.07, 6.45) is -0.581. The Balaban J connectivity index is 0.00000507. The molecule has 0 unspecified atom stereocenters. The van der Waals surface area contributed by atoms with E-state index in [2.05, 4.69) is 10.8 Å². The molecule has 38 heavy (non-hydrogen) atoms. The van der Waals surface area contributed by atoms with Crippen molar-refractivity contribution in [2.24, 2.45) is 0 Å². The van der Waals surface area contributed by atoms with Crippen molar-refractivity contribution in [3.8, 4) is 5.75 Å². The first-order valence-electron chi connectivity index (χ1n) is 11.6. The van der Waals surface area contributed by atoms with Gasteiger partial charge < -0.3 is 24.5 Å². The number of aliphatic carboxylic acids is 1. The van der Waals surface area contributed by atoms with Crippen molar-refractivity contribution in [3.63, 3.8) is 0 Å². The monoisotopic (exact) mass is 571 g/mol. The number of carbonyl (C=O) groups is 3. The molecule has 0 aromatic heterocycles. The molecule has 0 radical (unpaired) electrons. The van der Waals surface area contributed by atoms with Crippen molar-refractivity contribution >= 4 is 41.8 Å². The molecule has 0 spiro atoms. The Morgan fingerprint density at radius 1 is 1.05 bits per heavy atom. The Kier molecular flexibility index (Phi) is 11.1. The molecule has 0 bridgehead atoms. The van der Waals surface area contributed by atoms with Gasteiger partial charge in [-0.25, -0.2) is 13.9 Å². The van der Waals surface area contributed by atoms with Crippen LogP contribution in [0.25, 0.3) is 0 Å². The molecular weight excluding hydrogens is 541 g/mol. The predicted molar refractivity (Wildman–Crippen MR) is 135 cm³/mol. The van der Waals surface area contributed by atoms with Crippen LogP contribution >= 0.6 is 0 Å². The van der Waals surface area contributed by atoms with E-state index in [0.29, 0.717) is 17.0 Å². The van der Waals surface area contributed by atoms with E-state index >= 15 is 0 Å². The molecule has 0 saturated heterocycles. The van der Waals surface area contributed by atoms with Gasteiger partial charge in [0.25, 0.3) is 5.91 Å². The number of nitrogens with zero attached hydrogens (tertiary/aromatic N) is 1. The topological polar surface area (TPSA) is 154 Å². The maximum absolute atomic E-state index is 13.7. The van der Waals surface area contributed by atoms with Gasteiger partial charge in [0.05, 0.1) is 12.0 Å². The first-order chi connectivity index (χ1) is 17.3. The molecule has 1 heterocycles. The van der Waals surface area contributed by atoms with Crippen LogP contribution in [-0.2, 0) is 41.9 Å². The molecule has 11 nitrogen and oxygen atoms in total. The molecule has 3 rings (SSSR count). The molecule has 0 saturated carbocycles. The number of sulfonamides is 1. The van der Waals surface area contributed by atoms with Crippen molar-refractivity contribution in [2.45, 2.75) is 56.4 Å². The van der Waals surface area contributed by atoms with Gasteiger partial charge in [0.2, 0.25) is 24.2 Å². The number of fused-ring (bicyclic) bond motifs is 1. The number of carbonyl (C=O) groups excluding carboxylic acids is 3. The van der Waals surface area contributed by atoms with Gasteiger partial charge in [-0.3, -0.25) is 9.59 Å². The number of nitrogens with one attached hydrogen (secondary N) is 2. The quantitative estimate of drug-likeness (QED) is 0.249. The number of ether oxygens (including phenoxy) is 1. The van der Waals surface area contributed by atoms with E-state index in [4.69, 9.17) is 9.26 Å². The third-order valence-electron chi connectivity index (χ3n) is 5.56. The van der Waals surface area contributed by atoms with Crippen molar-refractivity contribution in [1.82, 2.24) is 9.79 Å². The molecular formula is C24H30N3NaO8SSi. The molecule has 1 aliphatic heterocycles. The molecule has 2 aromatic rings. The van der Waals surface area contributed by atoms with E-state index in [0.717, 1.165) is 9.87 Å². The standard InChI is InChI=1S/C24H31N3O8SSi.Na/c1-34-19-7-9-20(10-8-19)36(32,33)27-15-17-13-18(25-22(28)11-12-23(29)30)6-5-16(17)14-21(27)24(31)26-35-37(2,3)4;/h5-10,13,21H,11-12,14-15H2,1-4H3,(H,25,28)(H,26,31)(H,29,30);/q;+1/p-1/t21-;/m1./s1.